The largest absolute Gasteiger partial charge is 0.480 e. The summed E-state index contributed by atoms with van der Waals surface area (Å²) in [6.07, 6.45) is 4.78. The summed E-state index contributed by atoms with van der Waals surface area (Å²) in [6.45, 7) is 7.00. The summed E-state index contributed by atoms with van der Waals surface area (Å²) in [4.78, 5) is 14.1. The molecule has 1 fully saturated rings. The highest BCUT2D eigenvalue weighted by Gasteiger charge is 2.47. The Kier molecular flexibility index (Phi) is 7.63. The van der Waals surface area contributed by atoms with E-state index in [0.717, 1.165) is 51.8 Å². The molecule has 21 heavy (non-hydrogen) atoms. The van der Waals surface area contributed by atoms with Gasteiger partial charge >= 0.3 is 5.97 Å². The summed E-state index contributed by atoms with van der Waals surface area (Å²) < 4.78 is 5.19. The molecule has 3 atom stereocenters. The first-order valence-corrected chi connectivity index (χ1v) is 8.17. The summed E-state index contributed by atoms with van der Waals surface area (Å²) in [5.41, 5.74) is -0.720. The Bertz CT molecular complexity index is 325. The summed E-state index contributed by atoms with van der Waals surface area (Å²) in [6, 6.07) is 0.510. The monoisotopic (exact) mass is 300 g/mol. The predicted octanol–water partition coefficient (Wildman–Crippen LogP) is 1.97. The molecule has 1 aliphatic carbocycles. The first-order valence-electron chi connectivity index (χ1n) is 8.17. The third-order valence-corrected chi connectivity index (χ3v) is 5.21. The van der Waals surface area contributed by atoms with Crippen LogP contribution >= 0.6 is 0 Å². The second-order valence-electron chi connectivity index (χ2n) is 6.19. The number of carbonyl (C=O) groups is 1. The molecule has 124 valence electrons. The molecule has 0 heterocycles. The number of ether oxygens (including phenoxy) is 1. The lowest BCUT2D eigenvalue weighted by molar-refractivity contribution is -0.146. The molecule has 1 rings (SSSR count). The Hall–Kier alpha value is -0.650. The van der Waals surface area contributed by atoms with Gasteiger partial charge in [-0.05, 0) is 52.1 Å². The van der Waals surface area contributed by atoms with Gasteiger partial charge in [-0.1, -0.05) is 13.3 Å². The highest BCUT2D eigenvalue weighted by atomic mass is 16.5. The summed E-state index contributed by atoms with van der Waals surface area (Å²) in [7, 11) is 3.51. The molecule has 0 bridgehead atoms. The van der Waals surface area contributed by atoms with Gasteiger partial charge in [0.1, 0.15) is 5.54 Å². The molecule has 0 aromatic rings. The number of carboxylic acid groups (broad SMARTS) is 1. The van der Waals surface area contributed by atoms with E-state index in [-0.39, 0.29) is 5.92 Å². The highest BCUT2D eigenvalue weighted by molar-refractivity contribution is 5.79. The Morgan fingerprint density at radius 3 is 2.76 bits per heavy atom. The van der Waals surface area contributed by atoms with Crippen LogP contribution in [0, 0.1) is 5.92 Å². The second-order valence-corrected chi connectivity index (χ2v) is 6.19. The molecule has 1 aliphatic rings. The third-order valence-electron chi connectivity index (χ3n) is 5.21. The Balaban J connectivity index is 2.63. The van der Waals surface area contributed by atoms with Crippen molar-refractivity contribution >= 4 is 5.97 Å². The fourth-order valence-corrected chi connectivity index (χ4v) is 3.53. The highest BCUT2D eigenvalue weighted by Crippen LogP contribution is 2.38. The van der Waals surface area contributed by atoms with Gasteiger partial charge in [0.25, 0.3) is 0 Å². The number of hydrogen-bond acceptors (Lipinski definition) is 4. The molecule has 0 aromatic heterocycles. The summed E-state index contributed by atoms with van der Waals surface area (Å²) in [5, 5.41) is 12.7. The molecule has 5 heteroatoms. The van der Waals surface area contributed by atoms with Crippen molar-refractivity contribution in [2.45, 2.75) is 57.5 Å². The SMILES string of the molecule is CCC(C)N(CCOC)CCC1CCCC1(NC)C(=O)O. The van der Waals surface area contributed by atoms with Crippen LogP contribution in [0.3, 0.4) is 0 Å². The van der Waals surface area contributed by atoms with Crippen molar-refractivity contribution in [1.29, 1.82) is 0 Å². The fourth-order valence-electron chi connectivity index (χ4n) is 3.53. The molecule has 5 nitrogen and oxygen atoms in total. The number of nitrogens with one attached hydrogen (secondary N) is 1. The number of hydrogen-bond donors (Lipinski definition) is 2. The van der Waals surface area contributed by atoms with Crippen LogP contribution in [-0.4, -0.2) is 61.4 Å². The van der Waals surface area contributed by atoms with E-state index in [2.05, 4.69) is 24.1 Å². The molecule has 0 aliphatic heterocycles. The van der Waals surface area contributed by atoms with Crippen molar-refractivity contribution in [1.82, 2.24) is 10.2 Å². The first kappa shape index (κ1) is 18.4. The lowest BCUT2D eigenvalue weighted by atomic mass is 9.84. The van der Waals surface area contributed by atoms with Crippen LogP contribution in [0.15, 0.2) is 0 Å². The third kappa shape index (κ3) is 4.41. The minimum atomic E-state index is -0.720. The number of rotatable bonds is 10. The number of likely N-dealkylation sites (N-methyl/N-ethyl adjacent to an activating group) is 1. The van der Waals surface area contributed by atoms with Crippen molar-refractivity contribution in [3.63, 3.8) is 0 Å². The molecule has 0 radical (unpaired) electrons. The van der Waals surface area contributed by atoms with E-state index in [1.807, 2.05) is 0 Å². The Morgan fingerprint density at radius 2 is 2.24 bits per heavy atom. The van der Waals surface area contributed by atoms with Crippen molar-refractivity contribution in [3.05, 3.63) is 0 Å². The van der Waals surface area contributed by atoms with E-state index >= 15 is 0 Å². The van der Waals surface area contributed by atoms with Crippen molar-refractivity contribution in [2.75, 3.05) is 33.9 Å². The van der Waals surface area contributed by atoms with Gasteiger partial charge in [0.2, 0.25) is 0 Å². The molecule has 1 saturated carbocycles. The predicted molar refractivity (Wildman–Crippen MR) is 84.6 cm³/mol. The molecule has 3 unspecified atom stereocenters. The average Bonchev–Trinajstić information content (AvgIpc) is 2.90. The zero-order chi connectivity index (χ0) is 15.9. The minimum absolute atomic E-state index is 0.217. The van der Waals surface area contributed by atoms with E-state index < -0.39 is 11.5 Å². The van der Waals surface area contributed by atoms with Gasteiger partial charge in [0.05, 0.1) is 6.61 Å². The van der Waals surface area contributed by atoms with Gasteiger partial charge in [-0.2, -0.15) is 0 Å². The maximum Gasteiger partial charge on any atom is 0.324 e. The summed E-state index contributed by atoms with van der Waals surface area (Å²) in [5.74, 6) is -0.478. The zero-order valence-electron chi connectivity index (χ0n) is 14.0. The quantitative estimate of drug-likeness (QED) is 0.646. The Morgan fingerprint density at radius 1 is 1.52 bits per heavy atom. The minimum Gasteiger partial charge on any atom is -0.480 e. The van der Waals surface area contributed by atoms with Crippen LogP contribution < -0.4 is 5.32 Å². The van der Waals surface area contributed by atoms with E-state index in [9.17, 15) is 9.90 Å². The molecule has 2 N–H and O–H groups in total. The Labute approximate surface area is 129 Å². The van der Waals surface area contributed by atoms with Crippen LogP contribution in [-0.2, 0) is 9.53 Å². The summed E-state index contributed by atoms with van der Waals surface area (Å²) >= 11 is 0. The van der Waals surface area contributed by atoms with E-state index in [1.165, 1.54) is 0 Å². The topological polar surface area (TPSA) is 61.8 Å². The fraction of sp³-hybridized carbons (Fsp3) is 0.938. The van der Waals surface area contributed by atoms with Crippen LogP contribution in [0.5, 0.6) is 0 Å². The molecular weight excluding hydrogens is 268 g/mol. The smallest absolute Gasteiger partial charge is 0.324 e. The first-order chi connectivity index (χ1) is 10.0. The molecule has 0 amide bonds. The van der Waals surface area contributed by atoms with Gasteiger partial charge in [0, 0.05) is 19.7 Å². The molecule has 0 spiro atoms. The van der Waals surface area contributed by atoms with Crippen molar-refractivity contribution in [2.24, 2.45) is 5.92 Å². The van der Waals surface area contributed by atoms with Crippen LogP contribution in [0.25, 0.3) is 0 Å². The molecular formula is C16H32N2O3. The van der Waals surface area contributed by atoms with E-state index in [0.29, 0.717) is 6.04 Å². The molecule has 0 aromatic carbocycles. The normalized spacial score (nSPS) is 27.2. The van der Waals surface area contributed by atoms with Crippen LogP contribution in [0.1, 0.15) is 46.0 Å². The average molecular weight is 300 g/mol. The maximum absolute atomic E-state index is 11.7. The van der Waals surface area contributed by atoms with Crippen LogP contribution in [0.2, 0.25) is 0 Å². The van der Waals surface area contributed by atoms with Gasteiger partial charge in [-0.25, -0.2) is 0 Å². The second kappa shape index (κ2) is 8.71. The number of nitrogens with zero attached hydrogens (tertiary/aromatic N) is 1. The number of aliphatic carboxylic acids is 1. The van der Waals surface area contributed by atoms with E-state index in [4.69, 9.17) is 4.74 Å². The number of methoxy groups -OCH3 is 1. The van der Waals surface area contributed by atoms with Gasteiger partial charge < -0.3 is 15.2 Å². The van der Waals surface area contributed by atoms with E-state index in [1.54, 1.807) is 14.2 Å². The lowest BCUT2D eigenvalue weighted by Gasteiger charge is -2.34. The van der Waals surface area contributed by atoms with Crippen molar-refractivity contribution < 1.29 is 14.6 Å². The van der Waals surface area contributed by atoms with Gasteiger partial charge in [0.15, 0.2) is 0 Å². The molecule has 0 saturated heterocycles. The van der Waals surface area contributed by atoms with Gasteiger partial charge in [-0.3, -0.25) is 9.69 Å². The zero-order valence-corrected chi connectivity index (χ0v) is 14.0. The standard InChI is InChI=1S/C16H32N2O3/c1-5-13(2)18(11-12-21-4)10-8-14-7-6-9-16(14,17-3)15(19)20/h13-14,17H,5-12H2,1-4H3,(H,19,20). The maximum atomic E-state index is 11.7. The lowest BCUT2D eigenvalue weighted by Crippen LogP contribution is -2.54. The van der Waals surface area contributed by atoms with Gasteiger partial charge in [-0.15, -0.1) is 0 Å². The number of carboxylic acids is 1. The van der Waals surface area contributed by atoms with Crippen molar-refractivity contribution in [3.8, 4) is 0 Å². The van der Waals surface area contributed by atoms with Crippen LogP contribution in [0.4, 0.5) is 0 Å².